The van der Waals surface area contributed by atoms with Crippen LogP contribution in [0.2, 0.25) is 0 Å². The molecular weight excluding hydrogens is 340 g/mol. The van der Waals surface area contributed by atoms with Gasteiger partial charge >= 0.3 is 0 Å². The standard InChI is InChI=1S/C10H8N2.Ir/c1-3-9(7-11-5-1)10-4-2-6-12-8-10;/h1-8H;. The molecule has 0 saturated carbocycles. The first-order valence-electron chi connectivity index (χ1n) is 3.77. The Bertz CT molecular complexity index is 310. The SMILES string of the molecule is [Ir].c1cncc(-c2cccnc2)c1. The fourth-order valence-corrected chi connectivity index (χ4v) is 1.07. The Morgan fingerprint density at radius 3 is 1.54 bits per heavy atom. The van der Waals surface area contributed by atoms with E-state index in [9.17, 15) is 0 Å². The van der Waals surface area contributed by atoms with Gasteiger partial charge in [-0.1, -0.05) is 12.1 Å². The minimum atomic E-state index is 0. The molecule has 2 nitrogen and oxygen atoms in total. The fourth-order valence-electron chi connectivity index (χ4n) is 1.07. The maximum absolute atomic E-state index is 4.03. The Labute approximate surface area is 90.4 Å². The molecule has 0 unspecified atom stereocenters. The van der Waals surface area contributed by atoms with Crippen molar-refractivity contribution in [3.63, 3.8) is 0 Å². The molecule has 2 heterocycles. The van der Waals surface area contributed by atoms with Crippen LogP contribution in [-0.2, 0) is 20.1 Å². The van der Waals surface area contributed by atoms with Crippen LogP contribution in [0.4, 0.5) is 0 Å². The van der Waals surface area contributed by atoms with E-state index in [-0.39, 0.29) is 20.1 Å². The summed E-state index contributed by atoms with van der Waals surface area (Å²) in [4.78, 5) is 8.07. The van der Waals surface area contributed by atoms with Crippen molar-refractivity contribution in [1.29, 1.82) is 0 Å². The van der Waals surface area contributed by atoms with Gasteiger partial charge in [0, 0.05) is 56.0 Å². The van der Waals surface area contributed by atoms with E-state index in [1.807, 2.05) is 36.7 Å². The molecule has 0 bridgehead atoms. The second kappa shape index (κ2) is 4.85. The Kier molecular flexibility index (Phi) is 3.74. The van der Waals surface area contributed by atoms with E-state index < -0.39 is 0 Å². The van der Waals surface area contributed by atoms with E-state index in [0.29, 0.717) is 0 Å². The minimum Gasteiger partial charge on any atom is -0.264 e. The van der Waals surface area contributed by atoms with Crippen molar-refractivity contribution in [3.8, 4) is 11.1 Å². The average molecular weight is 348 g/mol. The number of hydrogen-bond acceptors (Lipinski definition) is 2. The van der Waals surface area contributed by atoms with Gasteiger partial charge in [-0.05, 0) is 12.1 Å². The van der Waals surface area contributed by atoms with E-state index >= 15 is 0 Å². The zero-order valence-corrected chi connectivity index (χ0v) is 9.24. The molecule has 0 amide bonds. The third-order valence-electron chi connectivity index (χ3n) is 1.66. The minimum absolute atomic E-state index is 0. The molecule has 0 aromatic carbocycles. The molecule has 2 aromatic heterocycles. The average Bonchev–Trinajstić information content (AvgIpc) is 2.21. The zero-order valence-electron chi connectivity index (χ0n) is 6.85. The third-order valence-corrected chi connectivity index (χ3v) is 1.66. The molecule has 3 heteroatoms. The van der Waals surface area contributed by atoms with Gasteiger partial charge in [0.2, 0.25) is 0 Å². The summed E-state index contributed by atoms with van der Waals surface area (Å²) in [5, 5.41) is 0. The molecule has 0 atom stereocenters. The number of hydrogen-bond donors (Lipinski definition) is 0. The van der Waals surface area contributed by atoms with E-state index in [0.717, 1.165) is 11.1 Å². The maximum Gasteiger partial charge on any atom is 0.0346 e. The molecule has 0 aliphatic heterocycles. The Morgan fingerprint density at radius 2 is 1.23 bits per heavy atom. The van der Waals surface area contributed by atoms with Gasteiger partial charge in [-0.2, -0.15) is 0 Å². The summed E-state index contributed by atoms with van der Waals surface area (Å²) in [5.74, 6) is 0. The third kappa shape index (κ3) is 2.44. The van der Waals surface area contributed by atoms with Crippen LogP contribution >= 0.6 is 0 Å². The first-order chi connectivity index (χ1) is 5.97. The summed E-state index contributed by atoms with van der Waals surface area (Å²) in [6, 6.07) is 7.87. The topological polar surface area (TPSA) is 25.8 Å². The van der Waals surface area contributed by atoms with Gasteiger partial charge in [0.25, 0.3) is 0 Å². The van der Waals surface area contributed by atoms with Crippen LogP contribution in [0.5, 0.6) is 0 Å². The molecule has 67 valence electrons. The van der Waals surface area contributed by atoms with Gasteiger partial charge < -0.3 is 0 Å². The summed E-state index contributed by atoms with van der Waals surface area (Å²) in [6.07, 6.45) is 7.19. The van der Waals surface area contributed by atoms with Crippen LogP contribution in [0.3, 0.4) is 0 Å². The van der Waals surface area contributed by atoms with Gasteiger partial charge in [-0.3, -0.25) is 9.97 Å². The largest absolute Gasteiger partial charge is 0.264 e. The molecule has 0 aliphatic carbocycles. The summed E-state index contributed by atoms with van der Waals surface area (Å²) >= 11 is 0. The van der Waals surface area contributed by atoms with Crippen molar-refractivity contribution in [2.24, 2.45) is 0 Å². The second-order valence-electron chi connectivity index (χ2n) is 2.48. The zero-order chi connectivity index (χ0) is 8.23. The van der Waals surface area contributed by atoms with Crippen molar-refractivity contribution >= 4 is 0 Å². The van der Waals surface area contributed by atoms with Gasteiger partial charge in [0.05, 0.1) is 0 Å². The van der Waals surface area contributed by atoms with Crippen LogP contribution in [0.1, 0.15) is 0 Å². The predicted molar refractivity (Wildman–Crippen MR) is 47.5 cm³/mol. The van der Waals surface area contributed by atoms with Crippen molar-refractivity contribution in [2.75, 3.05) is 0 Å². The van der Waals surface area contributed by atoms with Crippen LogP contribution in [-0.4, -0.2) is 9.97 Å². The van der Waals surface area contributed by atoms with E-state index in [2.05, 4.69) is 9.97 Å². The molecule has 0 saturated heterocycles. The first-order valence-corrected chi connectivity index (χ1v) is 3.77. The molecule has 0 fully saturated rings. The maximum atomic E-state index is 4.03. The summed E-state index contributed by atoms with van der Waals surface area (Å²) in [5.41, 5.74) is 2.20. The quantitative estimate of drug-likeness (QED) is 0.789. The van der Waals surface area contributed by atoms with Crippen molar-refractivity contribution < 1.29 is 20.1 Å². The molecule has 2 rings (SSSR count). The molecule has 0 aliphatic rings. The smallest absolute Gasteiger partial charge is 0.0346 e. The van der Waals surface area contributed by atoms with Gasteiger partial charge in [-0.15, -0.1) is 0 Å². The Morgan fingerprint density at radius 1 is 0.769 bits per heavy atom. The predicted octanol–water partition coefficient (Wildman–Crippen LogP) is 2.14. The van der Waals surface area contributed by atoms with Crippen LogP contribution in [0.25, 0.3) is 11.1 Å². The van der Waals surface area contributed by atoms with Gasteiger partial charge in [0.1, 0.15) is 0 Å². The fraction of sp³-hybridized carbons (Fsp3) is 0. The molecule has 2 aromatic rings. The normalized spacial score (nSPS) is 8.92. The summed E-state index contributed by atoms with van der Waals surface area (Å²) < 4.78 is 0. The van der Waals surface area contributed by atoms with E-state index in [1.54, 1.807) is 12.4 Å². The van der Waals surface area contributed by atoms with E-state index in [4.69, 9.17) is 0 Å². The van der Waals surface area contributed by atoms with Crippen LogP contribution in [0.15, 0.2) is 49.1 Å². The monoisotopic (exact) mass is 349 g/mol. The van der Waals surface area contributed by atoms with E-state index in [1.165, 1.54) is 0 Å². The van der Waals surface area contributed by atoms with Crippen LogP contribution in [0, 0.1) is 0 Å². The Hall–Kier alpha value is -1.05. The molecule has 13 heavy (non-hydrogen) atoms. The van der Waals surface area contributed by atoms with Crippen LogP contribution < -0.4 is 0 Å². The summed E-state index contributed by atoms with van der Waals surface area (Å²) in [7, 11) is 0. The number of aromatic nitrogens is 2. The molecule has 0 N–H and O–H groups in total. The van der Waals surface area contributed by atoms with Crippen molar-refractivity contribution in [1.82, 2.24) is 9.97 Å². The molecule has 1 radical (unpaired) electrons. The second-order valence-corrected chi connectivity index (χ2v) is 2.48. The van der Waals surface area contributed by atoms with Crippen molar-refractivity contribution in [2.45, 2.75) is 0 Å². The number of rotatable bonds is 1. The van der Waals surface area contributed by atoms with Gasteiger partial charge in [0.15, 0.2) is 0 Å². The Balaban J connectivity index is 0.000000845. The van der Waals surface area contributed by atoms with Crippen molar-refractivity contribution in [3.05, 3.63) is 49.1 Å². The van der Waals surface area contributed by atoms with Gasteiger partial charge in [-0.25, -0.2) is 0 Å². The summed E-state index contributed by atoms with van der Waals surface area (Å²) in [6.45, 7) is 0. The molecular formula is C10H8IrN2. The molecule has 0 spiro atoms. The number of nitrogens with zero attached hydrogens (tertiary/aromatic N) is 2. The first kappa shape index (κ1) is 10.0. The number of pyridine rings is 2.